The Morgan fingerprint density at radius 2 is 1.62 bits per heavy atom. The van der Waals surface area contributed by atoms with Crippen LogP contribution in [0.2, 0.25) is 0 Å². The van der Waals surface area contributed by atoms with Crippen molar-refractivity contribution in [2.75, 3.05) is 6.54 Å². The fourth-order valence-electron chi connectivity index (χ4n) is 2.43. The maximum Gasteiger partial charge on any atom is 0.198 e. The van der Waals surface area contributed by atoms with Crippen molar-refractivity contribution in [2.24, 2.45) is 0 Å². The summed E-state index contributed by atoms with van der Waals surface area (Å²) >= 11 is 1.33. The number of carbonyl (C=O) groups excluding carboxylic acids is 2. The Morgan fingerprint density at radius 3 is 2.33 bits per heavy atom. The number of phenols is 1. The van der Waals surface area contributed by atoms with Gasteiger partial charge in [0.2, 0.25) is 0 Å². The molecule has 0 atom stereocenters. The molecule has 21 heavy (non-hydrogen) atoms. The highest BCUT2D eigenvalue weighted by Crippen LogP contribution is 2.36. The van der Waals surface area contributed by atoms with E-state index in [1.807, 2.05) is 13.0 Å². The second kappa shape index (κ2) is 5.35. The molecule has 2 aromatic carbocycles. The summed E-state index contributed by atoms with van der Waals surface area (Å²) in [6, 6.07) is 9.75. The lowest BCUT2D eigenvalue weighted by Gasteiger charge is -2.20. The number of phenolic OH excluding ortho intramolecular Hbond substituents is 1. The predicted octanol–water partition coefficient (Wildman–Crippen LogP) is 2.78. The molecule has 0 radical (unpaired) electrons. The normalized spacial score (nSPS) is 13.0. The van der Waals surface area contributed by atoms with E-state index in [2.05, 4.69) is 4.72 Å². The number of benzene rings is 2. The zero-order valence-electron chi connectivity index (χ0n) is 11.3. The number of aromatic hydroxyl groups is 1. The van der Waals surface area contributed by atoms with Crippen LogP contribution in [0.25, 0.3) is 0 Å². The highest BCUT2D eigenvalue weighted by Gasteiger charge is 2.33. The van der Waals surface area contributed by atoms with Crippen LogP contribution >= 0.6 is 11.9 Å². The Labute approximate surface area is 126 Å². The highest BCUT2D eigenvalue weighted by molar-refractivity contribution is 7.97. The van der Waals surface area contributed by atoms with Gasteiger partial charge in [0.1, 0.15) is 5.75 Å². The van der Waals surface area contributed by atoms with Gasteiger partial charge in [-0.05, 0) is 24.1 Å². The van der Waals surface area contributed by atoms with Gasteiger partial charge in [-0.15, -0.1) is 0 Å². The summed E-state index contributed by atoms with van der Waals surface area (Å²) in [4.78, 5) is 26.0. The predicted molar refractivity (Wildman–Crippen MR) is 80.9 cm³/mol. The molecule has 0 saturated carbocycles. The number of hydrogen-bond acceptors (Lipinski definition) is 5. The Bertz CT molecular complexity index is 755. The van der Waals surface area contributed by atoms with Crippen LogP contribution in [0, 0.1) is 0 Å². The number of nitrogens with one attached hydrogen (secondary N) is 1. The molecule has 1 aliphatic rings. The lowest BCUT2D eigenvalue weighted by atomic mass is 9.83. The molecular formula is C16H13NO3S. The maximum atomic E-state index is 12.7. The van der Waals surface area contributed by atoms with Crippen LogP contribution in [0.3, 0.4) is 0 Å². The molecule has 2 aromatic rings. The number of rotatable bonds is 3. The highest BCUT2D eigenvalue weighted by atomic mass is 32.2. The van der Waals surface area contributed by atoms with E-state index in [9.17, 15) is 14.7 Å². The van der Waals surface area contributed by atoms with E-state index in [0.29, 0.717) is 11.1 Å². The fourth-order valence-corrected chi connectivity index (χ4v) is 3.18. The average molecular weight is 299 g/mol. The van der Waals surface area contributed by atoms with Crippen molar-refractivity contribution in [3.8, 4) is 5.75 Å². The fraction of sp³-hybridized carbons (Fsp3) is 0.125. The van der Waals surface area contributed by atoms with Crippen molar-refractivity contribution in [2.45, 2.75) is 11.8 Å². The van der Waals surface area contributed by atoms with Gasteiger partial charge in [0.25, 0.3) is 0 Å². The molecule has 5 heteroatoms. The molecule has 0 saturated heterocycles. The van der Waals surface area contributed by atoms with E-state index in [1.54, 1.807) is 24.3 Å². The molecule has 0 bridgehead atoms. The Hall–Kier alpha value is -2.11. The van der Waals surface area contributed by atoms with Crippen LogP contribution in [0.1, 0.15) is 38.8 Å². The SMILES string of the molecule is CCNSc1cccc2c1C(=O)c1cccc(O)c1C2=O. The van der Waals surface area contributed by atoms with Crippen molar-refractivity contribution < 1.29 is 14.7 Å². The van der Waals surface area contributed by atoms with Gasteiger partial charge in [0.05, 0.1) is 5.56 Å². The molecule has 106 valence electrons. The van der Waals surface area contributed by atoms with Gasteiger partial charge in [-0.1, -0.05) is 31.2 Å². The van der Waals surface area contributed by atoms with E-state index in [-0.39, 0.29) is 28.4 Å². The number of hydrogen-bond donors (Lipinski definition) is 2. The zero-order valence-corrected chi connectivity index (χ0v) is 12.2. The third-order valence-corrected chi connectivity index (χ3v) is 4.33. The van der Waals surface area contributed by atoms with Crippen LogP contribution in [0.15, 0.2) is 41.3 Å². The molecule has 2 N–H and O–H groups in total. The molecule has 3 rings (SSSR count). The summed E-state index contributed by atoms with van der Waals surface area (Å²) in [5.41, 5.74) is 1.11. The van der Waals surface area contributed by atoms with Gasteiger partial charge in [0.15, 0.2) is 11.6 Å². The second-order valence-corrected chi connectivity index (χ2v) is 5.57. The largest absolute Gasteiger partial charge is 0.507 e. The quantitative estimate of drug-likeness (QED) is 0.728. The van der Waals surface area contributed by atoms with E-state index < -0.39 is 0 Å². The van der Waals surface area contributed by atoms with Gasteiger partial charge in [0, 0.05) is 28.1 Å². The molecule has 4 nitrogen and oxygen atoms in total. The smallest absolute Gasteiger partial charge is 0.198 e. The lowest BCUT2D eigenvalue weighted by molar-refractivity contribution is 0.0974. The van der Waals surface area contributed by atoms with E-state index in [0.717, 1.165) is 11.4 Å². The molecular weight excluding hydrogens is 286 g/mol. The Kier molecular flexibility index (Phi) is 3.53. The molecule has 0 spiro atoms. The molecule has 0 amide bonds. The minimum absolute atomic E-state index is 0.0978. The van der Waals surface area contributed by atoms with Crippen molar-refractivity contribution in [3.63, 3.8) is 0 Å². The standard InChI is InChI=1S/C16H13NO3S/c1-2-17-21-12-8-4-6-10-14(12)16(20)9-5-3-7-11(18)13(9)15(10)19/h3-8,17-18H,2H2,1H3. The average Bonchev–Trinajstić information content (AvgIpc) is 2.50. The summed E-state index contributed by atoms with van der Waals surface area (Å²) in [6.45, 7) is 2.70. The minimum atomic E-state index is -0.309. The monoisotopic (exact) mass is 299 g/mol. The summed E-state index contributed by atoms with van der Waals surface area (Å²) in [6.07, 6.45) is 0. The molecule has 0 aromatic heterocycles. The van der Waals surface area contributed by atoms with E-state index >= 15 is 0 Å². The maximum absolute atomic E-state index is 12.7. The molecule has 0 heterocycles. The van der Waals surface area contributed by atoms with Gasteiger partial charge in [-0.25, -0.2) is 0 Å². The first-order valence-electron chi connectivity index (χ1n) is 6.59. The van der Waals surface area contributed by atoms with Crippen molar-refractivity contribution in [3.05, 3.63) is 58.7 Å². The third-order valence-electron chi connectivity index (χ3n) is 3.34. The van der Waals surface area contributed by atoms with E-state index in [1.165, 1.54) is 18.0 Å². The second-order valence-electron chi connectivity index (χ2n) is 4.64. The lowest BCUT2D eigenvalue weighted by Crippen LogP contribution is -2.22. The van der Waals surface area contributed by atoms with Crippen LogP contribution < -0.4 is 4.72 Å². The van der Waals surface area contributed by atoms with Gasteiger partial charge in [-0.2, -0.15) is 0 Å². The van der Waals surface area contributed by atoms with Crippen LogP contribution in [0.4, 0.5) is 0 Å². The molecule has 0 fully saturated rings. The first-order chi connectivity index (χ1) is 10.1. The summed E-state index contributed by atoms with van der Waals surface area (Å²) < 4.78 is 3.09. The van der Waals surface area contributed by atoms with Crippen LogP contribution in [0.5, 0.6) is 5.75 Å². The van der Waals surface area contributed by atoms with Crippen LogP contribution in [-0.2, 0) is 0 Å². The van der Waals surface area contributed by atoms with Crippen LogP contribution in [-0.4, -0.2) is 23.2 Å². The van der Waals surface area contributed by atoms with Gasteiger partial charge in [-0.3, -0.25) is 14.3 Å². The topological polar surface area (TPSA) is 66.4 Å². The summed E-state index contributed by atoms with van der Waals surface area (Å²) in [7, 11) is 0. The first-order valence-corrected chi connectivity index (χ1v) is 7.41. The number of ketones is 2. The summed E-state index contributed by atoms with van der Waals surface area (Å²) in [5, 5.41) is 9.89. The van der Waals surface area contributed by atoms with Gasteiger partial charge >= 0.3 is 0 Å². The van der Waals surface area contributed by atoms with E-state index in [4.69, 9.17) is 0 Å². The molecule has 0 unspecified atom stereocenters. The Morgan fingerprint density at radius 1 is 1.00 bits per heavy atom. The number of fused-ring (bicyclic) bond motifs is 2. The van der Waals surface area contributed by atoms with Crippen molar-refractivity contribution in [1.29, 1.82) is 0 Å². The summed E-state index contributed by atoms with van der Waals surface area (Å²) in [5.74, 6) is -0.686. The third kappa shape index (κ3) is 2.14. The first kappa shape index (κ1) is 13.9. The molecule has 1 aliphatic carbocycles. The molecule has 0 aliphatic heterocycles. The Balaban J connectivity index is 2.21. The van der Waals surface area contributed by atoms with Crippen molar-refractivity contribution in [1.82, 2.24) is 4.72 Å². The van der Waals surface area contributed by atoms with Gasteiger partial charge < -0.3 is 5.11 Å². The zero-order chi connectivity index (χ0) is 15.0. The number of carbonyl (C=O) groups is 2. The van der Waals surface area contributed by atoms with Crippen molar-refractivity contribution >= 4 is 23.5 Å². The minimum Gasteiger partial charge on any atom is -0.507 e.